The fourth-order valence-corrected chi connectivity index (χ4v) is 2.99. The van der Waals surface area contributed by atoms with Crippen molar-refractivity contribution >= 4 is 5.97 Å². The Morgan fingerprint density at radius 1 is 1.40 bits per heavy atom. The number of rotatable bonds is 5. The Bertz CT molecular complexity index is 435. The molecule has 20 heavy (non-hydrogen) atoms. The van der Waals surface area contributed by atoms with E-state index in [9.17, 15) is 4.79 Å². The largest absolute Gasteiger partial charge is 0.480 e. The molecule has 0 bridgehead atoms. The molecule has 1 N–H and O–H groups in total. The highest BCUT2D eigenvalue weighted by Crippen LogP contribution is 2.22. The van der Waals surface area contributed by atoms with Gasteiger partial charge in [-0.15, -0.1) is 0 Å². The summed E-state index contributed by atoms with van der Waals surface area (Å²) < 4.78 is 0. The minimum absolute atomic E-state index is 0.135. The lowest BCUT2D eigenvalue weighted by Crippen LogP contribution is -2.48. The highest BCUT2D eigenvalue weighted by Gasteiger charge is 2.28. The van der Waals surface area contributed by atoms with Gasteiger partial charge in [-0.3, -0.25) is 14.6 Å². The Labute approximate surface area is 121 Å². The highest BCUT2D eigenvalue weighted by atomic mass is 16.4. The van der Waals surface area contributed by atoms with E-state index in [0.29, 0.717) is 12.1 Å². The van der Waals surface area contributed by atoms with Crippen LogP contribution < -0.4 is 0 Å². The fraction of sp³-hybridized carbons (Fsp3) is 0.562. The molecule has 1 aromatic carbocycles. The van der Waals surface area contributed by atoms with Crippen molar-refractivity contribution in [1.29, 1.82) is 0 Å². The number of likely N-dealkylation sites (tertiary alicyclic amines) is 1. The van der Waals surface area contributed by atoms with Crippen molar-refractivity contribution in [3.05, 3.63) is 35.9 Å². The minimum Gasteiger partial charge on any atom is -0.480 e. The predicted molar refractivity (Wildman–Crippen MR) is 79.6 cm³/mol. The Kier molecular flexibility index (Phi) is 5.15. The summed E-state index contributed by atoms with van der Waals surface area (Å²) in [5.74, 6) is -0.744. The van der Waals surface area contributed by atoms with Crippen LogP contribution in [0.3, 0.4) is 0 Å². The molecule has 1 fully saturated rings. The second-order valence-corrected chi connectivity index (χ2v) is 5.79. The second-order valence-electron chi connectivity index (χ2n) is 5.79. The van der Waals surface area contributed by atoms with Crippen LogP contribution in [0, 0.1) is 0 Å². The number of benzene rings is 1. The van der Waals surface area contributed by atoms with Crippen LogP contribution in [0.15, 0.2) is 30.3 Å². The van der Waals surface area contributed by atoms with E-state index in [0.717, 1.165) is 25.9 Å². The number of carboxylic acids is 1. The van der Waals surface area contributed by atoms with Gasteiger partial charge in [-0.1, -0.05) is 30.3 Å². The third-order valence-electron chi connectivity index (χ3n) is 4.22. The van der Waals surface area contributed by atoms with Crippen molar-refractivity contribution in [3.63, 3.8) is 0 Å². The van der Waals surface area contributed by atoms with Gasteiger partial charge in [0.15, 0.2) is 0 Å². The lowest BCUT2D eigenvalue weighted by atomic mass is 9.96. The molecule has 2 rings (SSSR count). The third kappa shape index (κ3) is 4.05. The normalized spacial score (nSPS) is 23.9. The summed E-state index contributed by atoms with van der Waals surface area (Å²) in [7, 11) is 1.92. The molecule has 4 nitrogen and oxygen atoms in total. The van der Waals surface area contributed by atoms with Crippen molar-refractivity contribution in [3.8, 4) is 0 Å². The zero-order chi connectivity index (χ0) is 14.5. The van der Waals surface area contributed by atoms with Gasteiger partial charge >= 0.3 is 5.97 Å². The van der Waals surface area contributed by atoms with Crippen LogP contribution in [0.5, 0.6) is 0 Å². The SMILES string of the molecule is C[C@@H]1C[C@@H](N(C)CC(=O)O)CCN1Cc1ccccc1. The second kappa shape index (κ2) is 6.86. The summed E-state index contributed by atoms with van der Waals surface area (Å²) in [6.07, 6.45) is 2.08. The van der Waals surface area contributed by atoms with Crippen molar-refractivity contribution < 1.29 is 9.90 Å². The monoisotopic (exact) mass is 276 g/mol. The van der Waals surface area contributed by atoms with E-state index >= 15 is 0 Å². The Morgan fingerprint density at radius 3 is 2.70 bits per heavy atom. The average Bonchev–Trinajstić information content (AvgIpc) is 2.41. The molecule has 4 heteroatoms. The number of piperidine rings is 1. The molecule has 110 valence electrons. The standard InChI is InChI=1S/C16H24N2O2/c1-13-10-15(17(2)12-16(19)20)8-9-18(13)11-14-6-4-3-5-7-14/h3-7,13,15H,8-12H2,1-2H3,(H,19,20)/t13-,15+/m1/s1. The molecule has 2 atom stereocenters. The lowest BCUT2D eigenvalue weighted by Gasteiger charge is -2.40. The van der Waals surface area contributed by atoms with Gasteiger partial charge in [-0.25, -0.2) is 0 Å². The van der Waals surface area contributed by atoms with E-state index < -0.39 is 5.97 Å². The van der Waals surface area contributed by atoms with Crippen LogP contribution in [0.2, 0.25) is 0 Å². The highest BCUT2D eigenvalue weighted by molar-refractivity contribution is 5.69. The maximum Gasteiger partial charge on any atom is 0.317 e. The zero-order valence-corrected chi connectivity index (χ0v) is 12.3. The summed E-state index contributed by atoms with van der Waals surface area (Å²) in [6.45, 7) is 4.39. The molecular formula is C16H24N2O2. The molecule has 0 aromatic heterocycles. The van der Waals surface area contributed by atoms with Crippen LogP contribution in [-0.2, 0) is 11.3 Å². The molecule has 1 aromatic rings. The van der Waals surface area contributed by atoms with E-state index in [1.165, 1.54) is 5.56 Å². The molecule has 1 aliphatic rings. The summed E-state index contributed by atoms with van der Waals surface area (Å²) in [4.78, 5) is 15.2. The molecule has 1 heterocycles. The van der Waals surface area contributed by atoms with Gasteiger partial charge in [0.2, 0.25) is 0 Å². The van der Waals surface area contributed by atoms with Gasteiger partial charge in [0.05, 0.1) is 6.54 Å². The maximum absolute atomic E-state index is 10.8. The lowest BCUT2D eigenvalue weighted by molar-refractivity contribution is -0.138. The van der Waals surface area contributed by atoms with Crippen molar-refractivity contribution in [2.24, 2.45) is 0 Å². The van der Waals surface area contributed by atoms with Gasteiger partial charge in [-0.2, -0.15) is 0 Å². The summed E-state index contributed by atoms with van der Waals surface area (Å²) in [5.41, 5.74) is 1.34. The number of likely N-dealkylation sites (N-methyl/N-ethyl adjacent to an activating group) is 1. The molecular weight excluding hydrogens is 252 g/mol. The molecule has 0 aliphatic carbocycles. The fourth-order valence-electron chi connectivity index (χ4n) is 2.99. The molecule has 0 amide bonds. The number of carbonyl (C=O) groups is 1. The van der Waals surface area contributed by atoms with E-state index in [-0.39, 0.29) is 6.54 Å². The van der Waals surface area contributed by atoms with Gasteiger partial charge in [-0.05, 0) is 32.4 Å². The first-order valence-electron chi connectivity index (χ1n) is 7.26. The predicted octanol–water partition coefficient (Wildman–Crippen LogP) is 2.06. The minimum atomic E-state index is -0.744. The van der Waals surface area contributed by atoms with Crippen LogP contribution in [-0.4, -0.2) is 53.1 Å². The van der Waals surface area contributed by atoms with Crippen LogP contribution in [0.25, 0.3) is 0 Å². The molecule has 1 saturated heterocycles. The number of hydrogen-bond donors (Lipinski definition) is 1. The molecule has 0 spiro atoms. The van der Waals surface area contributed by atoms with Gasteiger partial charge in [0.1, 0.15) is 0 Å². The maximum atomic E-state index is 10.8. The molecule has 0 unspecified atom stereocenters. The summed E-state index contributed by atoms with van der Waals surface area (Å²) >= 11 is 0. The zero-order valence-electron chi connectivity index (χ0n) is 12.3. The van der Waals surface area contributed by atoms with E-state index in [1.54, 1.807) is 0 Å². The summed E-state index contributed by atoms with van der Waals surface area (Å²) in [6, 6.07) is 11.4. The molecule has 1 aliphatic heterocycles. The van der Waals surface area contributed by atoms with Crippen LogP contribution >= 0.6 is 0 Å². The number of aliphatic carboxylic acids is 1. The van der Waals surface area contributed by atoms with E-state index in [1.807, 2.05) is 18.0 Å². The Hall–Kier alpha value is -1.39. The van der Waals surface area contributed by atoms with Gasteiger partial charge in [0, 0.05) is 25.2 Å². The molecule has 0 saturated carbocycles. The Morgan fingerprint density at radius 2 is 2.10 bits per heavy atom. The van der Waals surface area contributed by atoms with Crippen LogP contribution in [0.4, 0.5) is 0 Å². The van der Waals surface area contributed by atoms with Crippen LogP contribution in [0.1, 0.15) is 25.3 Å². The topological polar surface area (TPSA) is 43.8 Å². The first-order chi connectivity index (χ1) is 9.56. The smallest absolute Gasteiger partial charge is 0.317 e. The summed E-state index contributed by atoms with van der Waals surface area (Å²) in [5, 5.41) is 8.88. The Balaban J connectivity index is 1.87. The van der Waals surface area contributed by atoms with Gasteiger partial charge in [0.25, 0.3) is 0 Å². The van der Waals surface area contributed by atoms with Gasteiger partial charge < -0.3 is 5.11 Å². The van der Waals surface area contributed by atoms with Crippen molar-refractivity contribution in [2.45, 2.75) is 38.4 Å². The third-order valence-corrected chi connectivity index (χ3v) is 4.22. The van der Waals surface area contributed by atoms with E-state index in [4.69, 9.17) is 5.11 Å². The number of nitrogens with zero attached hydrogens (tertiary/aromatic N) is 2. The quantitative estimate of drug-likeness (QED) is 0.894. The first-order valence-corrected chi connectivity index (χ1v) is 7.26. The van der Waals surface area contributed by atoms with Crippen molar-refractivity contribution in [2.75, 3.05) is 20.1 Å². The number of hydrogen-bond acceptors (Lipinski definition) is 3. The average molecular weight is 276 g/mol. The van der Waals surface area contributed by atoms with Crippen molar-refractivity contribution in [1.82, 2.24) is 9.80 Å². The van der Waals surface area contributed by atoms with E-state index in [2.05, 4.69) is 36.1 Å². The first kappa shape index (κ1) is 15.0. The molecule has 0 radical (unpaired) electrons. The number of carboxylic acid groups (broad SMARTS) is 1.